The molecule has 0 saturated carbocycles. The summed E-state index contributed by atoms with van der Waals surface area (Å²) in [6.07, 6.45) is 0. The Bertz CT molecular complexity index is 1160. The molecule has 0 bridgehead atoms. The van der Waals surface area contributed by atoms with Gasteiger partial charge >= 0.3 is 0 Å². The van der Waals surface area contributed by atoms with E-state index in [1.807, 2.05) is 41.3 Å². The van der Waals surface area contributed by atoms with Crippen LogP contribution in [0, 0.1) is 0 Å². The van der Waals surface area contributed by atoms with Gasteiger partial charge in [0.05, 0.1) is 23.4 Å². The van der Waals surface area contributed by atoms with Crippen molar-refractivity contribution < 1.29 is 13.2 Å². The zero-order chi connectivity index (χ0) is 20.5. The van der Waals surface area contributed by atoms with E-state index in [-0.39, 0.29) is 4.90 Å². The third-order valence-electron chi connectivity index (χ3n) is 4.17. The van der Waals surface area contributed by atoms with Gasteiger partial charge in [-0.1, -0.05) is 11.6 Å². The van der Waals surface area contributed by atoms with Crippen molar-refractivity contribution in [3.63, 3.8) is 0 Å². The molecule has 0 aliphatic carbocycles. The van der Waals surface area contributed by atoms with E-state index in [2.05, 4.69) is 4.99 Å². The Balaban J connectivity index is 2.07. The lowest BCUT2D eigenvalue weighted by Gasteiger charge is -2.13. The molecule has 0 unspecified atom stereocenters. The van der Waals surface area contributed by atoms with Crippen LogP contribution in [0.4, 0.5) is 5.69 Å². The molecule has 0 aliphatic heterocycles. The molecule has 0 atom stereocenters. The number of nitrogens with zero attached hydrogens (tertiary/aromatic N) is 3. The van der Waals surface area contributed by atoms with E-state index in [9.17, 15) is 8.42 Å². The van der Waals surface area contributed by atoms with Gasteiger partial charge < -0.3 is 9.30 Å². The Hall–Kier alpha value is -2.13. The molecule has 6 nitrogen and oxygen atoms in total. The summed E-state index contributed by atoms with van der Waals surface area (Å²) < 4.78 is 33.2. The summed E-state index contributed by atoms with van der Waals surface area (Å²) >= 11 is 7.67. The molecule has 0 radical (unpaired) electrons. The second-order valence-electron chi connectivity index (χ2n) is 6.24. The summed E-state index contributed by atoms with van der Waals surface area (Å²) in [6, 6.07) is 12.3. The van der Waals surface area contributed by atoms with E-state index in [0.717, 1.165) is 21.9 Å². The van der Waals surface area contributed by atoms with Crippen molar-refractivity contribution in [3.05, 3.63) is 57.7 Å². The first-order chi connectivity index (χ1) is 13.2. The Kier molecular flexibility index (Phi) is 5.95. The molecule has 0 fully saturated rings. The fraction of sp³-hybridized carbons (Fsp3) is 0.211. The van der Waals surface area contributed by atoms with Crippen molar-refractivity contribution in [2.24, 2.45) is 12.0 Å². The van der Waals surface area contributed by atoms with Crippen molar-refractivity contribution in [1.29, 1.82) is 0 Å². The van der Waals surface area contributed by atoms with Crippen LogP contribution >= 0.6 is 22.9 Å². The molecule has 0 aliphatic rings. The zero-order valence-corrected chi connectivity index (χ0v) is 18.3. The predicted octanol–water partition coefficient (Wildman–Crippen LogP) is 3.90. The van der Waals surface area contributed by atoms with Crippen molar-refractivity contribution in [3.8, 4) is 17.0 Å². The monoisotopic (exact) mass is 437 g/mol. The molecule has 28 heavy (non-hydrogen) atoms. The number of hydrogen-bond donors (Lipinski definition) is 0. The van der Waals surface area contributed by atoms with Gasteiger partial charge in [0.2, 0.25) is 10.0 Å². The second-order valence-corrected chi connectivity index (χ2v) is 9.66. The molecule has 1 aromatic heterocycles. The smallest absolute Gasteiger partial charge is 0.242 e. The molecule has 2 aromatic carbocycles. The molecular formula is C19H20ClN3O3S2. The highest BCUT2D eigenvalue weighted by molar-refractivity contribution is 7.89. The summed E-state index contributed by atoms with van der Waals surface area (Å²) in [6.45, 7) is 0. The highest BCUT2D eigenvalue weighted by atomic mass is 35.5. The summed E-state index contributed by atoms with van der Waals surface area (Å²) in [4.78, 5) is 5.58. The summed E-state index contributed by atoms with van der Waals surface area (Å²) in [5.74, 6) is 0.767. The third-order valence-corrected chi connectivity index (χ3v) is 7.10. The molecule has 3 aromatic rings. The number of ether oxygens (including phenoxy) is 1. The lowest BCUT2D eigenvalue weighted by atomic mass is 10.2. The van der Waals surface area contributed by atoms with E-state index in [4.69, 9.17) is 16.3 Å². The first kappa shape index (κ1) is 20.6. The third kappa shape index (κ3) is 4.15. The van der Waals surface area contributed by atoms with Crippen LogP contribution in [0.3, 0.4) is 0 Å². The molecule has 3 rings (SSSR count). The second kappa shape index (κ2) is 8.08. The van der Waals surface area contributed by atoms with Crippen LogP contribution in [-0.4, -0.2) is 38.5 Å². The van der Waals surface area contributed by atoms with Gasteiger partial charge in [-0.25, -0.2) is 17.7 Å². The number of thiazole rings is 1. The number of aromatic nitrogens is 1. The van der Waals surface area contributed by atoms with Gasteiger partial charge in [0.25, 0.3) is 0 Å². The van der Waals surface area contributed by atoms with Crippen molar-refractivity contribution in [2.75, 3.05) is 21.2 Å². The topological polar surface area (TPSA) is 63.9 Å². The minimum Gasteiger partial charge on any atom is -0.497 e. The molecule has 148 valence electrons. The predicted molar refractivity (Wildman–Crippen MR) is 113 cm³/mol. The number of rotatable bonds is 5. The summed E-state index contributed by atoms with van der Waals surface area (Å²) in [7, 11) is 2.90. The average molecular weight is 438 g/mol. The Morgan fingerprint density at radius 1 is 1.14 bits per heavy atom. The SMILES string of the molecule is COc1ccc(N=c2scc(-c3cc(Cl)cc(S(=O)(=O)N(C)C)c3)n2C)cc1. The maximum atomic E-state index is 12.5. The van der Waals surface area contributed by atoms with Crippen molar-refractivity contribution >= 4 is 38.6 Å². The molecule has 0 spiro atoms. The van der Waals surface area contributed by atoms with E-state index in [1.165, 1.54) is 35.8 Å². The molecule has 0 amide bonds. The highest BCUT2D eigenvalue weighted by Crippen LogP contribution is 2.28. The van der Waals surface area contributed by atoms with Gasteiger partial charge in [-0.3, -0.25) is 0 Å². The van der Waals surface area contributed by atoms with E-state index < -0.39 is 10.0 Å². The summed E-state index contributed by atoms with van der Waals surface area (Å²) in [5.41, 5.74) is 2.34. The minimum absolute atomic E-state index is 0.153. The Labute approximate surface area is 173 Å². The van der Waals surface area contributed by atoms with Gasteiger partial charge in [-0.05, 0) is 42.5 Å². The number of halogens is 1. The van der Waals surface area contributed by atoms with Crippen molar-refractivity contribution in [2.45, 2.75) is 4.90 Å². The largest absolute Gasteiger partial charge is 0.497 e. The lowest BCUT2D eigenvalue weighted by Crippen LogP contribution is -2.22. The minimum atomic E-state index is -3.58. The fourth-order valence-corrected chi connectivity index (χ4v) is 4.77. The fourth-order valence-electron chi connectivity index (χ4n) is 2.57. The Morgan fingerprint density at radius 2 is 1.82 bits per heavy atom. The molecule has 0 saturated heterocycles. The van der Waals surface area contributed by atoms with Crippen LogP contribution in [0.1, 0.15) is 0 Å². The number of hydrogen-bond acceptors (Lipinski definition) is 5. The first-order valence-corrected chi connectivity index (χ1v) is 11.0. The van der Waals surface area contributed by atoms with Crippen LogP contribution in [-0.2, 0) is 17.1 Å². The standard InChI is InChI=1S/C19H20ClN3O3S2/c1-22(2)28(24,25)17-10-13(9-14(20)11-17)18-12-27-19(23(18)3)21-15-5-7-16(26-4)8-6-15/h5-12H,1-4H3. The van der Waals surface area contributed by atoms with Gasteiger partial charge in [-0.15, -0.1) is 11.3 Å². The van der Waals surface area contributed by atoms with Gasteiger partial charge in [0.15, 0.2) is 4.80 Å². The molecule has 0 N–H and O–H groups in total. The van der Waals surface area contributed by atoms with Crippen LogP contribution in [0.25, 0.3) is 11.3 Å². The first-order valence-electron chi connectivity index (χ1n) is 8.29. The van der Waals surface area contributed by atoms with Gasteiger partial charge in [0, 0.05) is 37.1 Å². The number of methoxy groups -OCH3 is 1. The molecule has 1 heterocycles. The van der Waals surface area contributed by atoms with Crippen LogP contribution in [0.15, 0.2) is 57.7 Å². The van der Waals surface area contributed by atoms with Crippen molar-refractivity contribution in [1.82, 2.24) is 8.87 Å². The number of sulfonamides is 1. The Morgan fingerprint density at radius 3 is 2.43 bits per heavy atom. The number of benzene rings is 2. The van der Waals surface area contributed by atoms with Crippen LogP contribution in [0.5, 0.6) is 5.75 Å². The molecule has 9 heteroatoms. The molecular weight excluding hydrogens is 418 g/mol. The normalized spacial score (nSPS) is 12.6. The average Bonchev–Trinajstić information content (AvgIpc) is 3.02. The quantitative estimate of drug-likeness (QED) is 0.608. The van der Waals surface area contributed by atoms with E-state index in [1.54, 1.807) is 19.2 Å². The van der Waals surface area contributed by atoms with E-state index >= 15 is 0 Å². The van der Waals surface area contributed by atoms with E-state index in [0.29, 0.717) is 10.6 Å². The zero-order valence-electron chi connectivity index (χ0n) is 15.9. The highest BCUT2D eigenvalue weighted by Gasteiger charge is 2.19. The van der Waals surface area contributed by atoms with Gasteiger partial charge in [-0.2, -0.15) is 0 Å². The lowest BCUT2D eigenvalue weighted by molar-refractivity contribution is 0.415. The maximum Gasteiger partial charge on any atom is 0.242 e. The van der Waals surface area contributed by atoms with Crippen LogP contribution < -0.4 is 9.54 Å². The maximum absolute atomic E-state index is 12.5. The summed E-state index contributed by atoms with van der Waals surface area (Å²) in [5, 5.41) is 2.29. The van der Waals surface area contributed by atoms with Gasteiger partial charge in [0.1, 0.15) is 5.75 Å². The van der Waals surface area contributed by atoms with Crippen LogP contribution in [0.2, 0.25) is 5.02 Å².